The Balaban J connectivity index is 1.17. The second-order valence-corrected chi connectivity index (χ2v) is 11.5. The van der Waals surface area contributed by atoms with Crippen molar-refractivity contribution in [1.29, 1.82) is 0 Å². The van der Waals surface area contributed by atoms with Gasteiger partial charge < -0.3 is 9.47 Å². The van der Waals surface area contributed by atoms with Gasteiger partial charge in [-0.15, -0.1) is 0 Å². The van der Waals surface area contributed by atoms with Gasteiger partial charge in [0.25, 0.3) is 0 Å². The van der Waals surface area contributed by atoms with Crippen LogP contribution >= 0.6 is 0 Å². The number of rotatable bonds is 11. The molecule has 2 aliphatic carbocycles. The van der Waals surface area contributed by atoms with Gasteiger partial charge in [0, 0.05) is 18.8 Å². The highest BCUT2D eigenvalue weighted by Crippen LogP contribution is 2.40. The molecule has 1 fully saturated rings. The molecule has 2 atom stereocenters. The van der Waals surface area contributed by atoms with Gasteiger partial charge in [-0.25, -0.2) is 0 Å². The van der Waals surface area contributed by atoms with Gasteiger partial charge in [0.15, 0.2) is 0 Å². The SMILES string of the molecule is C=C(CCC1=CC=C(CC2CCC(CC3=CC(C)C=CCC3C(=C)C)CC2)CO1)OCc1ccccc1. The average Bonchev–Trinajstić information content (AvgIpc) is 3.09. The summed E-state index contributed by atoms with van der Waals surface area (Å²) >= 11 is 0. The maximum Gasteiger partial charge on any atom is 0.113 e. The average molecular weight is 499 g/mol. The minimum Gasteiger partial charge on any atom is -0.494 e. The summed E-state index contributed by atoms with van der Waals surface area (Å²) in [6.07, 6.45) is 22.3. The highest BCUT2D eigenvalue weighted by molar-refractivity contribution is 5.25. The third-order valence-electron chi connectivity index (χ3n) is 8.26. The predicted octanol–water partition coefficient (Wildman–Crippen LogP) is 9.64. The Hall–Kier alpha value is -2.74. The van der Waals surface area contributed by atoms with Crippen LogP contribution in [0.15, 0.2) is 102 Å². The van der Waals surface area contributed by atoms with E-state index in [1.54, 1.807) is 5.57 Å². The Labute approximate surface area is 225 Å². The fraction of sp³-hybridized carbons (Fsp3) is 0.486. The minimum atomic E-state index is 0.539. The molecule has 1 heterocycles. The summed E-state index contributed by atoms with van der Waals surface area (Å²) < 4.78 is 11.9. The summed E-state index contributed by atoms with van der Waals surface area (Å²) in [5, 5.41) is 0. The zero-order valence-corrected chi connectivity index (χ0v) is 23.1. The van der Waals surface area contributed by atoms with Crippen molar-refractivity contribution in [2.24, 2.45) is 23.7 Å². The van der Waals surface area contributed by atoms with Crippen LogP contribution in [-0.4, -0.2) is 6.61 Å². The number of hydrogen-bond donors (Lipinski definition) is 0. The van der Waals surface area contributed by atoms with Crippen molar-refractivity contribution in [2.45, 2.75) is 78.2 Å². The Morgan fingerprint density at radius 2 is 1.73 bits per heavy atom. The molecule has 2 heteroatoms. The van der Waals surface area contributed by atoms with Crippen LogP contribution < -0.4 is 0 Å². The molecule has 0 N–H and O–H groups in total. The van der Waals surface area contributed by atoms with Gasteiger partial charge in [-0.1, -0.05) is 85.9 Å². The quantitative estimate of drug-likeness (QED) is 0.223. The van der Waals surface area contributed by atoms with Crippen LogP contribution in [0.2, 0.25) is 0 Å². The van der Waals surface area contributed by atoms with Gasteiger partial charge in [0.1, 0.15) is 13.2 Å². The summed E-state index contributed by atoms with van der Waals surface area (Å²) in [4.78, 5) is 0. The molecule has 0 amide bonds. The maximum absolute atomic E-state index is 6.10. The van der Waals surface area contributed by atoms with E-state index in [1.165, 1.54) is 55.2 Å². The van der Waals surface area contributed by atoms with Crippen molar-refractivity contribution >= 4 is 0 Å². The Bertz CT molecular complexity index is 1030. The van der Waals surface area contributed by atoms with Crippen LogP contribution in [0.25, 0.3) is 0 Å². The van der Waals surface area contributed by atoms with Crippen LogP contribution in [-0.2, 0) is 16.1 Å². The fourth-order valence-corrected chi connectivity index (χ4v) is 6.03. The lowest BCUT2D eigenvalue weighted by atomic mass is 9.74. The summed E-state index contributed by atoms with van der Waals surface area (Å²) in [5.74, 6) is 4.58. The second kappa shape index (κ2) is 13.7. The van der Waals surface area contributed by atoms with Crippen molar-refractivity contribution in [3.05, 3.63) is 108 Å². The van der Waals surface area contributed by atoms with Crippen molar-refractivity contribution in [2.75, 3.05) is 6.61 Å². The highest BCUT2D eigenvalue weighted by Gasteiger charge is 2.26. The van der Waals surface area contributed by atoms with Crippen LogP contribution in [0.5, 0.6) is 0 Å². The summed E-state index contributed by atoms with van der Waals surface area (Å²) in [7, 11) is 0. The third-order valence-corrected chi connectivity index (χ3v) is 8.26. The third kappa shape index (κ3) is 8.66. The molecule has 1 aromatic rings. The smallest absolute Gasteiger partial charge is 0.113 e. The minimum absolute atomic E-state index is 0.539. The van der Waals surface area contributed by atoms with E-state index in [-0.39, 0.29) is 0 Å². The Morgan fingerprint density at radius 1 is 1.00 bits per heavy atom. The number of ether oxygens (including phenoxy) is 2. The molecule has 0 aromatic heterocycles. The lowest BCUT2D eigenvalue weighted by Crippen LogP contribution is -2.18. The number of benzene rings is 1. The molecule has 0 saturated heterocycles. The van der Waals surface area contributed by atoms with Crippen molar-refractivity contribution in [3.8, 4) is 0 Å². The van der Waals surface area contributed by atoms with E-state index in [2.05, 4.69) is 69.5 Å². The highest BCUT2D eigenvalue weighted by atomic mass is 16.5. The first-order valence-electron chi connectivity index (χ1n) is 14.3. The van der Waals surface area contributed by atoms with Crippen molar-refractivity contribution < 1.29 is 9.47 Å². The van der Waals surface area contributed by atoms with E-state index in [4.69, 9.17) is 9.47 Å². The second-order valence-electron chi connectivity index (χ2n) is 11.5. The molecular formula is C35H46O2. The molecule has 1 aliphatic heterocycles. The zero-order chi connectivity index (χ0) is 26.0. The van der Waals surface area contributed by atoms with E-state index in [0.29, 0.717) is 18.4 Å². The Kier molecular flexibility index (Phi) is 10.1. The summed E-state index contributed by atoms with van der Waals surface area (Å²) in [6, 6.07) is 10.2. The van der Waals surface area contributed by atoms with E-state index in [0.717, 1.165) is 49.2 Å². The van der Waals surface area contributed by atoms with Gasteiger partial charge >= 0.3 is 0 Å². The van der Waals surface area contributed by atoms with Gasteiger partial charge in [-0.3, -0.25) is 0 Å². The molecule has 3 aliphatic rings. The lowest BCUT2D eigenvalue weighted by Gasteiger charge is -2.32. The predicted molar refractivity (Wildman–Crippen MR) is 156 cm³/mol. The van der Waals surface area contributed by atoms with E-state index < -0.39 is 0 Å². The first kappa shape index (κ1) is 27.3. The Morgan fingerprint density at radius 3 is 2.41 bits per heavy atom. The lowest BCUT2D eigenvalue weighted by molar-refractivity contribution is 0.178. The van der Waals surface area contributed by atoms with Crippen LogP contribution in [0.3, 0.4) is 0 Å². The van der Waals surface area contributed by atoms with Gasteiger partial charge in [-0.05, 0) is 86.8 Å². The molecule has 198 valence electrons. The van der Waals surface area contributed by atoms with E-state index >= 15 is 0 Å². The van der Waals surface area contributed by atoms with E-state index in [9.17, 15) is 0 Å². The molecule has 37 heavy (non-hydrogen) atoms. The molecule has 0 bridgehead atoms. The van der Waals surface area contributed by atoms with E-state index in [1.807, 2.05) is 18.2 Å². The topological polar surface area (TPSA) is 18.5 Å². The maximum atomic E-state index is 6.10. The van der Waals surface area contributed by atoms with Gasteiger partial charge in [-0.2, -0.15) is 0 Å². The first-order valence-corrected chi connectivity index (χ1v) is 14.3. The summed E-state index contributed by atoms with van der Waals surface area (Å²) in [5.41, 5.74) is 5.57. The van der Waals surface area contributed by atoms with Crippen LogP contribution in [0, 0.1) is 23.7 Å². The fourth-order valence-electron chi connectivity index (χ4n) is 6.03. The summed E-state index contributed by atoms with van der Waals surface area (Å²) in [6.45, 7) is 14.2. The molecule has 2 unspecified atom stereocenters. The van der Waals surface area contributed by atoms with Crippen molar-refractivity contribution in [3.63, 3.8) is 0 Å². The zero-order valence-electron chi connectivity index (χ0n) is 23.1. The molecule has 1 aromatic carbocycles. The van der Waals surface area contributed by atoms with Gasteiger partial charge in [0.2, 0.25) is 0 Å². The molecule has 2 nitrogen and oxygen atoms in total. The molecule has 0 spiro atoms. The molecule has 4 rings (SSSR count). The number of allylic oxidation sites excluding steroid dienone is 9. The van der Waals surface area contributed by atoms with Gasteiger partial charge in [0.05, 0.1) is 11.5 Å². The first-order chi connectivity index (χ1) is 18.0. The molecule has 0 radical (unpaired) electrons. The van der Waals surface area contributed by atoms with Crippen LogP contribution in [0.1, 0.15) is 77.2 Å². The van der Waals surface area contributed by atoms with Crippen LogP contribution in [0.4, 0.5) is 0 Å². The standard InChI is InChI=1S/C35H46O2/c1-26(2)35-12-8-9-27(3)21-33(35)23-30-16-14-29(15-17-30)22-32-18-20-34(37-25-32)19-13-28(4)36-24-31-10-6-5-7-11-31/h5-11,18,20-21,27,29-30,35H,1,4,12-17,19,22-25H2,2-3H3. The number of hydrogen-bond acceptors (Lipinski definition) is 2. The molecular weight excluding hydrogens is 452 g/mol. The normalized spacial score (nSPS) is 25.7. The molecule has 1 saturated carbocycles. The monoisotopic (exact) mass is 498 g/mol. The largest absolute Gasteiger partial charge is 0.494 e. The van der Waals surface area contributed by atoms with Crippen molar-refractivity contribution in [1.82, 2.24) is 0 Å².